The van der Waals surface area contributed by atoms with E-state index in [9.17, 15) is 31.6 Å². The van der Waals surface area contributed by atoms with Crippen LogP contribution in [-0.4, -0.2) is 107 Å². The SMILES string of the molecule is O=C1CCC(c2cccc(OCCCN3CCN(S(=O)(=O)N4CCC(Nc5ncc6cc(C(F)F)c(=O)[nH]c6n5)CC4)CC3)c2)C(=O)N1. The van der Waals surface area contributed by atoms with Crippen molar-refractivity contribution in [1.29, 1.82) is 0 Å². The Labute approximate surface area is 276 Å². The molecule has 0 radical (unpaired) electrons. The molecule has 3 N–H and O–H groups in total. The maximum Gasteiger partial charge on any atom is 0.282 e. The number of hydrogen-bond donors (Lipinski definition) is 3. The van der Waals surface area contributed by atoms with Crippen molar-refractivity contribution in [2.24, 2.45) is 0 Å². The van der Waals surface area contributed by atoms with Crippen molar-refractivity contribution in [1.82, 2.24) is 33.8 Å². The number of ether oxygens (including phenoxy) is 1. The summed E-state index contributed by atoms with van der Waals surface area (Å²) in [4.78, 5) is 48.6. The fourth-order valence-electron chi connectivity index (χ4n) is 6.31. The van der Waals surface area contributed by atoms with Crippen LogP contribution < -0.4 is 20.9 Å². The summed E-state index contributed by atoms with van der Waals surface area (Å²) in [5, 5.41) is 5.85. The Kier molecular flexibility index (Phi) is 10.3. The lowest BCUT2D eigenvalue weighted by Crippen LogP contribution is -2.55. The van der Waals surface area contributed by atoms with E-state index in [1.165, 1.54) is 14.8 Å². The van der Waals surface area contributed by atoms with E-state index in [0.29, 0.717) is 82.7 Å². The van der Waals surface area contributed by atoms with Crippen LogP contribution in [0.2, 0.25) is 0 Å². The maximum absolute atomic E-state index is 13.4. The fraction of sp³-hybridized carbons (Fsp3) is 0.516. The highest BCUT2D eigenvalue weighted by Crippen LogP contribution is 2.28. The summed E-state index contributed by atoms with van der Waals surface area (Å²) < 4.78 is 61.8. The molecule has 3 aliphatic rings. The van der Waals surface area contributed by atoms with Gasteiger partial charge in [0.15, 0.2) is 0 Å². The van der Waals surface area contributed by atoms with Crippen molar-refractivity contribution in [3.05, 3.63) is 58.0 Å². The number of alkyl halides is 2. The number of hydrogen-bond acceptors (Lipinski definition) is 10. The second kappa shape index (κ2) is 14.6. The van der Waals surface area contributed by atoms with Gasteiger partial charge in [0.2, 0.25) is 17.8 Å². The summed E-state index contributed by atoms with van der Waals surface area (Å²) in [7, 11) is -3.62. The highest BCUT2D eigenvalue weighted by molar-refractivity contribution is 7.86. The van der Waals surface area contributed by atoms with Gasteiger partial charge in [-0.1, -0.05) is 12.1 Å². The normalized spacial score (nSPS) is 20.7. The molecular weight excluding hydrogens is 650 g/mol. The second-order valence-electron chi connectivity index (χ2n) is 12.2. The first-order chi connectivity index (χ1) is 23.1. The predicted molar refractivity (Wildman–Crippen MR) is 172 cm³/mol. The molecule has 1 unspecified atom stereocenters. The predicted octanol–water partition coefficient (Wildman–Crippen LogP) is 1.98. The lowest BCUT2D eigenvalue weighted by Gasteiger charge is -2.39. The smallest absolute Gasteiger partial charge is 0.282 e. The zero-order chi connectivity index (χ0) is 33.8. The van der Waals surface area contributed by atoms with E-state index in [1.54, 1.807) is 0 Å². The summed E-state index contributed by atoms with van der Waals surface area (Å²) in [5.41, 5.74) is -0.574. The van der Waals surface area contributed by atoms with Gasteiger partial charge < -0.3 is 19.9 Å². The monoisotopic (exact) mass is 688 g/mol. The van der Waals surface area contributed by atoms with E-state index in [0.717, 1.165) is 24.6 Å². The minimum atomic E-state index is -3.62. The average molecular weight is 689 g/mol. The van der Waals surface area contributed by atoms with Crippen molar-refractivity contribution in [2.75, 3.05) is 57.7 Å². The quantitative estimate of drug-likeness (QED) is 0.200. The van der Waals surface area contributed by atoms with E-state index in [1.807, 2.05) is 24.3 Å². The number of piperidine rings is 2. The van der Waals surface area contributed by atoms with Crippen molar-refractivity contribution in [2.45, 2.75) is 50.5 Å². The Morgan fingerprint density at radius 1 is 1.00 bits per heavy atom. The Morgan fingerprint density at radius 2 is 1.75 bits per heavy atom. The van der Waals surface area contributed by atoms with Gasteiger partial charge in [-0.2, -0.15) is 22.0 Å². The lowest BCUT2D eigenvalue weighted by molar-refractivity contribution is -0.134. The van der Waals surface area contributed by atoms with Crippen LogP contribution in [0.4, 0.5) is 14.7 Å². The third kappa shape index (κ3) is 7.80. The molecule has 17 heteroatoms. The summed E-state index contributed by atoms with van der Waals surface area (Å²) in [6, 6.07) is 8.37. The van der Waals surface area contributed by atoms with Crippen LogP contribution in [0.15, 0.2) is 41.3 Å². The highest BCUT2D eigenvalue weighted by Gasteiger charge is 2.35. The molecule has 3 aliphatic heterocycles. The molecule has 0 aliphatic carbocycles. The van der Waals surface area contributed by atoms with Crippen molar-refractivity contribution in [3.8, 4) is 5.75 Å². The Morgan fingerprint density at radius 3 is 2.48 bits per heavy atom. The molecule has 14 nitrogen and oxygen atoms in total. The number of rotatable bonds is 11. The zero-order valence-corrected chi connectivity index (χ0v) is 27.1. The van der Waals surface area contributed by atoms with Gasteiger partial charge in [-0.15, -0.1) is 0 Å². The first kappa shape index (κ1) is 33.8. The third-order valence-electron chi connectivity index (χ3n) is 9.02. The molecule has 1 aromatic carbocycles. The molecule has 3 saturated heterocycles. The zero-order valence-electron chi connectivity index (χ0n) is 26.2. The average Bonchev–Trinajstić information content (AvgIpc) is 3.07. The van der Waals surface area contributed by atoms with Crippen LogP contribution >= 0.6 is 0 Å². The number of fused-ring (bicyclic) bond motifs is 1. The lowest BCUT2D eigenvalue weighted by atomic mass is 9.90. The standard InChI is InChI=1S/C31H38F2N8O6S/c32-27(33)25-18-21-19-34-31(38-28(21)37-30(25)44)35-22-7-10-40(11-8-22)48(45,46)41-14-12-39(13-15-41)9-2-16-47-23-4-1-3-20(17-23)24-5-6-26(42)36-29(24)43/h1,3-4,17-19,22,24,27H,2,5-16H2,(H,36,42,43)(H2,34,35,37,38,44). The molecule has 5 heterocycles. The number of pyridine rings is 1. The molecule has 0 bridgehead atoms. The van der Waals surface area contributed by atoms with Crippen LogP contribution in [0.1, 0.15) is 55.6 Å². The number of nitrogens with one attached hydrogen (secondary N) is 3. The number of H-pyrrole nitrogens is 1. The number of nitrogens with zero attached hydrogens (tertiary/aromatic N) is 5. The van der Waals surface area contributed by atoms with Gasteiger partial charge in [0.25, 0.3) is 22.2 Å². The number of benzene rings is 1. The van der Waals surface area contributed by atoms with E-state index in [-0.39, 0.29) is 35.4 Å². The fourth-order valence-corrected chi connectivity index (χ4v) is 7.94. The number of anilines is 1. The molecule has 2 aromatic heterocycles. The molecule has 48 heavy (non-hydrogen) atoms. The topological polar surface area (TPSA) is 170 Å². The Hall–Kier alpha value is -4.06. The van der Waals surface area contributed by atoms with Gasteiger partial charge in [0.1, 0.15) is 11.4 Å². The van der Waals surface area contributed by atoms with Crippen molar-refractivity contribution < 1.29 is 31.5 Å². The van der Waals surface area contributed by atoms with Gasteiger partial charge in [0.05, 0.1) is 18.1 Å². The number of halogens is 2. The van der Waals surface area contributed by atoms with Crippen LogP contribution in [0.25, 0.3) is 11.0 Å². The third-order valence-corrected chi connectivity index (χ3v) is 11.1. The number of amides is 2. The molecule has 3 fully saturated rings. The number of piperazine rings is 1. The highest BCUT2D eigenvalue weighted by atomic mass is 32.2. The molecule has 3 aromatic rings. The molecule has 1 atom stereocenters. The first-order valence-corrected chi connectivity index (χ1v) is 17.5. The summed E-state index contributed by atoms with van der Waals surface area (Å²) in [6.07, 6.45) is 1.06. The second-order valence-corrected chi connectivity index (χ2v) is 14.1. The summed E-state index contributed by atoms with van der Waals surface area (Å²) >= 11 is 0. The van der Waals surface area contributed by atoms with Gasteiger partial charge in [-0.05, 0) is 49.4 Å². The van der Waals surface area contributed by atoms with Crippen LogP contribution in [-0.2, 0) is 19.8 Å². The molecule has 6 rings (SSSR count). The van der Waals surface area contributed by atoms with Crippen LogP contribution in [0, 0.1) is 0 Å². The molecule has 258 valence electrons. The number of carbonyl (C=O) groups excluding carboxylic acids is 2. The molecule has 0 saturated carbocycles. The van der Waals surface area contributed by atoms with E-state index in [4.69, 9.17) is 4.74 Å². The number of aromatic nitrogens is 3. The van der Waals surface area contributed by atoms with E-state index in [2.05, 4.69) is 30.5 Å². The van der Waals surface area contributed by atoms with Gasteiger partial charge in [-0.3, -0.25) is 19.7 Å². The Bertz CT molecular complexity index is 1810. The van der Waals surface area contributed by atoms with Gasteiger partial charge in [0, 0.05) is 69.9 Å². The van der Waals surface area contributed by atoms with Gasteiger partial charge in [-0.25, -0.2) is 13.8 Å². The van der Waals surface area contributed by atoms with Crippen molar-refractivity contribution in [3.63, 3.8) is 0 Å². The molecule has 2 amide bonds. The van der Waals surface area contributed by atoms with Crippen LogP contribution in [0.5, 0.6) is 5.75 Å². The Balaban J connectivity index is 0.917. The number of carbonyl (C=O) groups is 2. The van der Waals surface area contributed by atoms with Gasteiger partial charge >= 0.3 is 0 Å². The first-order valence-electron chi connectivity index (χ1n) is 16.1. The molecule has 0 spiro atoms. The van der Waals surface area contributed by atoms with E-state index >= 15 is 0 Å². The number of aromatic amines is 1. The number of imide groups is 1. The molecular formula is C31H38F2N8O6S. The summed E-state index contributed by atoms with van der Waals surface area (Å²) in [6.45, 7) is 3.90. The largest absolute Gasteiger partial charge is 0.494 e. The maximum atomic E-state index is 13.4. The van der Waals surface area contributed by atoms with Crippen molar-refractivity contribution >= 4 is 39.0 Å². The summed E-state index contributed by atoms with van der Waals surface area (Å²) in [5.74, 6) is 0.00152. The van der Waals surface area contributed by atoms with E-state index < -0.39 is 27.8 Å². The van der Waals surface area contributed by atoms with Crippen LogP contribution in [0.3, 0.4) is 0 Å². The minimum Gasteiger partial charge on any atom is -0.494 e. The minimum absolute atomic E-state index is 0.0973.